The summed E-state index contributed by atoms with van der Waals surface area (Å²) in [4.78, 5) is 14.5. The molecule has 1 saturated heterocycles. The number of fused-ring (bicyclic) bond motifs is 3. The Kier molecular flexibility index (Phi) is 3.79. The summed E-state index contributed by atoms with van der Waals surface area (Å²) < 4.78 is 5.51. The minimum Gasteiger partial charge on any atom is -0.494 e. The molecule has 2 aromatic rings. The Labute approximate surface area is 154 Å². The lowest BCUT2D eigenvalue weighted by atomic mass is 9.75. The molecule has 4 heteroatoms. The van der Waals surface area contributed by atoms with Gasteiger partial charge in [0.1, 0.15) is 11.4 Å². The van der Waals surface area contributed by atoms with Gasteiger partial charge in [0.05, 0.1) is 13.2 Å². The van der Waals surface area contributed by atoms with Gasteiger partial charge in [-0.15, -0.1) is 0 Å². The van der Waals surface area contributed by atoms with Crippen molar-refractivity contribution in [2.45, 2.75) is 31.8 Å². The lowest BCUT2D eigenvalue weighted by Gasteiger charge is -2.40. The summed E-state index contributed by atoms with van der Waals surface area (Å²) in [5.41, 5.74) is 2.68. The number of anilines is 1. The zero-order valence-electron chi connectivity index (χ0n) is 15.5. The van der Waals surface area contributed by atoms with E-state index in [1.165, 1.54) is 5.56 Å². The van der Waals surface area contributed by atoms with E-state index in [0.717, 1.165) is 17.0 Å². The first kappa shape index (κ1) is 16.7. The van der Waals surface area contributed by atoms with Gasteiger partial charge in [-0.25, -0.2) is 0 Å². The maximum absolute atomic E-state index is 12.3. The van der Waals surface area contributed by atoms with Gasteiger partial charge in [-0.1, -0.05) is 50.3 Å². The van der Waals surface area contributed by atoms with Crippen LogP contribution < -0.4 is 15.0 Å². The van der Waals surface area contributed by atoms with Gasteiger partial charge in [0.15, 0.2) is 0 Å². The number of carbonyl (C=O) groups excluding carboxylic acids is 1. The van der Waals surface area contributed by atoms with Crippen LogP contribution in [0.5, 0.6) is 5.75 Å². The normalized spacial score (nSPS) is 23.0. The second-order valence-electron chi connectivity index (χ2n) is 7.38. The number of hydrogen-bond acceptors (Lipinski definition) is 3. The zero-order valence-corrected chi connectivity index (χ0v) is 15.5. The number of hydrogen-bond donors (Lipinski definition) is 1. The number of nitrogens with one attached hydrogen (secondary N) is 1. The van der Waals surface area contributed by atoms with E-state index in [-0.39, 0.29) is 11.3 Å². The van der Waals surface area contributed by atoms with Crippen molar-refractivity contribution in [2.24, 2.45) is 0 Å². The molecular formula is C22H24N2O2. The van der Waals surface area contributed by atoms with Gasteiger partial charge in [0.25, 0.3) is 0 Å². The molecule has 134 valence electrons. The molecule has 2 heterocycles. The highest BCUT2D eigenvalue weighted by atomic mass is 16.5. The Morgan fingerprint density at radius 3 is 2.62 bits per heavy atom. The Hall–Kier alpha value is -2.75. The zero-order chi connectivity index (χ0) is 18.4. The van der Waals surface area contributed by atoms with Crippen molar-refractivity contribution in [3.05, 3.63) is 65.7 Å². The predicted molar refractivity (Wildman–Crippen MR) is 104 cm³/mol. The largest absolute Gasteiger partial charge is 0.494 e. The molecule has 0 spiro atoms. The average molecular weight is 348 g/mol. The van der Waals surface area contributed by atoms with Crippen molar-refractivity contribution >= 4 is 17.7 Å². The molecule has 2 aliphatic heterocycles. The fourth-order valence-electron chi connectivity index (χ4n) is 4.20. The van der Waals surface area contributed by atoms with Crippen molar-refractivity contribution < 1.29 is 9.53 Å². The SMILES string of the molecule is CCOc1ccc(/C=C/C23NC(=O)CN2c2ccccc2C3(C)C)cc1. The van der Waals surface area contributed by atoms with Crippen LogP contribution in [-0.4, -0.2) is 24.7 Å². The maximum Gasteiger partial charge on any atom is 0.241 e. The summed E-state index contributed by atoms with van der Waals surface area (Å²) in [7, 11) is 0. The van der Waals surface area contributed by atoms with E-state index in [4.69, 9.17) is 4.74 Å². The van der Waals surface area contributed by atoms with Gasteiger partial charge < -0.3 is 15.0 Å². The average Bonchev–Trinajstić information content (AvgIpc) is 3.06. The van der Waals surface area contributed by atoms with Gasteiger partial charge in [0, 0.05) is 11.1 Å². The van der Waals surface area contributed by atoms with Gasteiger partial charge in [-0.05, 0) is 42.3 Å². The van der Waals surface area contributed by atoms with Gasteiger partial charge in [-0.3, -0.25) is 4.79 Å². The van der Waals surface area contributed by atoms with E-state index >= 15 is 0 Å². The Morgan fingerprint density at radius 2 is 1.88 bits per heavy atom. The Morgan fingerprint density at radius 1 is 1.15 bits per heavy atom. The van der Waals surface area contributed by atoms with E-state index in [1.807, 2.05) is 37.3 Å². The Balaban J connectivity index is 1.73. The molecule has 0 aliphatic carbocycles. The van der Waals surface area contributed by atoms with E-state index < -0.39 is 5.66 Å². The topological polar surface area (TPSA) is 41.6 Å². The summed E-state index contributed by atoms with van der Waals surface area (Å²) >= 11 is 0. The van der Waals surface area contributed by atoms with Crippen molar-refractivity contribution in [3.63, 3.8) is 0 Å². The number of rotatable bonds is 4. The molecule has 26 heavy (non-hydrogen) atoms. The van der Waals surface area contributed by atoms with Gasteiger partial charge >= 0.3 is 0 Å². The summed E-state index contributed by atoms with van der Waals surface area (Å²) in [6, 6.07) is 16.4. The van der Waals surface area contributed by atoms with Crippen LogP contribution in [0.4, 0.5) is 5.69 Å². The van der Waals surface area contributed by atoms with Crippen LogP contribution in [0, 0.1) is 0 Å². The molecule has 4 rings (SSSR count). The Bertz CT molecular complexity index is 870. The smallest absolute Gasteiger partial charge is 0.241 e. The van der Waals surface area contributed by atoms with Crippen LogP contribution in [0.3, 0.4) is 0 Å². The molecule has 1 atom stereocenters. The van der Waals surface area contributed by atoms with Crippen LogP contribution in [0.25, 0.3) is 6.08 Å². The molecule has 2 aromatic carbocycles. The molecule has 0 saturated carbocycles. The molecule has 0 radical (unpaired) electrons. The third kappa shape index (κ3) is 2.32. The minimum atomic E-state index is -0.549. The van der Waals surface area contributed by atoms with E-state index in [1.54, 1.807) is 0 Å². The van der Waals surface area contributed by atoms with Gasteiger partial charge in [0.2, 0.25) is 5.91 Å². The number of para-hydroxylation sites is 1. The number of carbonyl (C=O) groups is 1. The molecule has 1 unspecified atom stereocenters. The minimum absolute atomic E-state index is 0.0592. The summed E-state index contributed by atoms with van der Waals surface area (Å²) in [6.45, 7) is 7.41. The summed E-state index contributed by atoms with van der Waals surface area (Å²) in [6.07, 6.45) is 4.22. The number of benzene rings is 2. The molecule has 1 amide bonds. The molecule has 0 bridgehead atoms. The van der Waals surface area contributed by atoms with Crippen molar-refractivity contribution in [1.82, 2.24) is 5.32 Å². The molecule has 1 fully saturated rings. The molecular weight excluding hydrogens is 324 g/mol. The lowest BCUT2D eigenvalue weighted by Crippen LogP contribution is -2.58. The number of amides is 1. The summed E-state index contributed by atoms with van der Waals surface area (Å²) in [5.74, 6) is 0.927. The third-order valence-electron chi connectivity index (χ3n) is 5.59. The monoisotopic (exact) mass is 348 g/mol. The molecule has 1 N–H and O–H groups in total. The highest BCUT2D eigenvalue weighted by molar-refractivity contribution is 5.91. The van der Waals surface area contributed by atoms with Crippen LogP contribution in [0.1, 0.15) is 31.9 Å². The molecule has 0 aromatic heterocycles. The van der Waals surface area contributed by atoms with Crippen molar-refractivity contribution in [2.75, 3.05) is 18.1 Å². The first-order valence-corrected chi connectivity index (χ1v) is 9.08. The highest BCUT2D eigenvalue weighted by Gasteiger charge is 2.59. The second-order valence-corrected chi connectivity index (χ2v) is 7.38. The quantitative estimate of drug-likeness (QED) is 0.915. The predicted octanol–water partition coefficient (Wildman–Crippen LogP) is 3.72. The van der Waals surface area contributed by atoms with Crippen LogP contribution in [0.15, 0.2) is 54.6 Å². The molecule has 2 aliphatic rings. The van der Waals surface area contributed by atoms with Crippen LogP contribution in [0.2, 0.25) is 0 Å². The van der Waals surface area contributed by atoms with Crippen LogP contribution >= 0.6 is 0 Å². The highest BCUT2D eigenvalue weighted by Crippen LogP contribution is 2.52. The maximum atomic E-state index is 12.3. The van der Waals surface area contributed by atoms with Crippen molar-refractivity contribution in [3.8, 4) is 5.75 Å². The number of ether oxygens (including phenoxy) is 1. The lowest BCUT2D eigenvalue weighted by molar-refractivity contribution is -0.118. The fourth-order valence-corrected chi connectivity index (χ4v) is 4.20. The standard InChI is InChI=1S/C22H24N2O2/c1-4-26-17-11-9-16(10-12-17)13-14-22-21(2,3)18-7-5-6-8-19(18)24(22)15-20(25)23-22/h5-14H,4,15H2,1-3H3,(H,23,25)/b14-13+. The first-order valence-electron chi connectivity index (χ1n) is 9.08. The number of nitrogens with zero attached hydrogens (tertiary/aromatic N) is 1. The van der Waals surface area contributed by atoms with E-state index in [9.17, 15) is 4.79 Å². The third-order valence-corrected chi connectivity index (χ3v) is 5.59. The van der Waals surface area contributed by atoms with Crippen LogP contribution in [-0.2, 0) is 10.2 Å². The van der Waals surface area contributed by atoms with E-state index in [0.29, 0.717) is 13.2 Å². The van der Waals surface area contributed by atoms with Crippen molar-refractivity contribution in [1.29, 1.82) is 0 Å². The molecule has 4 nitrogen and oxygen atoms in total. The van der Waals surface area contributed by atoms with E-state index in [2.05, 4.69) is 54.4 Å². The van der Waals surface area contributed by atoms with Gasteiger partial charge in [-0.2, -0.15) is 0 Å². The first-order chi connectivity index (χ1) is 12.5. The summed E-state index contributed by atoms with van der Waals surface area (Å²) in [5, 5.41) is 3.24. The fraction of sp³-hybridized carbons (Fsp3) is 0.318. The second kappa shape index (κ2) is 5.90.